The summed E-state index contributed by atoms with van der Waals surface area (Å²) < 4.78 is 93.9. The van der Waals surface area contributed by atoms with E-state index in [2.05, 4.69) is 20.4 Å². The van der Waals surface area contributed by atoms with Gasteiger partial charge in [-0.25, -0.2) is 18.1 Å². The monoisotopic (exact) mass is 597 g/mol. The summed E-state index contributed by atoms with van der Waals surface area (Å²) in [6.45, 7) is 2.94. The number of para-hydroxylation sites is 1. The minimum absolute atomic E-state index is 0.0235. The predicted molar refractivity (Wildman–Crippen MR) is 141 cm³/mol. The fourth-order valence-electron chi connectivity index (χ4n) is 4.06. The van der Waals surface area contributed by atoms with Crippen LogP contribution in [0.1, 0.15) is 12.6 Å². The summed E-state index contributed by atoms with van der Waals surface area (Å²) in [4.78, 5) is -1.55. The topological polar surface area (TPSA) is 227 Å². The van der Waals surface area contributed by atoms with Crippen LogP contribution in [-0.4, -0.2) is 67.5 Å². The molecule has 2 unspecified atom stereocenters. The Morgan fingerprint density at radius 2 is 1.59 bits per heavy atom. The summed E-state index contributed by atoms with van der Waals surface area (Å²) in [6, 6.07) is 11.0. The Morgan fingerprint density at radius 3 is 2.15 bits per heavy atom. The third kappa shape index (κ3) is 5.55. The molecular formula is C21H23N7O8S3. The van der Waals surface area contributed by atoms with E-state index in [-0.39, 0.29) is 17.2 Å². The first-order valence-electron chi connectivity index (χ1n) is 10.9. The third-order valence-electron chi connectivity index (χ3n) is 5.75. The number of aromatic nitrogens is 2. The van der Waals surface area contributed by atoms with E-state index in [1.807, 2.05) is 0 Å². The molecule has 1 aliphatic rings. The van der Waals surface area contributed by atoms with Gasteiger partial charge in [0.1, 0.15) is 10.1 Å². The van der Waals surface area contributed by atoms with Crippen LogP contribution in [-0.2, 0) is 30.1 Å². The van der Waals surface area contributed by atoms with Crippen LogP contribution in [0.5, 0.6) is 0 Å². The summed E-state index contributed by atoms with van der Waals surface area (Å²) in [5.74, 6) is 0.0764. The summed E-state index contributed by atoms with van der Waals surface area (Å²) in [5.41, 5.74) is 6.71. The van der Waals surface area contributed by atoms with Crippen molar-refractivity contribution in [2.75, 3.05) is 17.0 Å². The lowest BCUT2D eigenvalue weighted by molar-refractivity contribution is 0.478. The average molecular weight is 598 g/mol. The average Bonchev–Trinajstić information content (AvgIpc) is 3.31. The Labute approximate surface area is 224 Å². The predicted octanol–water partition coefficient (Wildman–Crippen LogP) is 1.98. The van der Waals surface area contributed by atoms with Gasteiger partial charge in [0.05, 0.1) is 27.7 Å². The van der Waals surface area contributed by atoms with E-state index in [0.717, 1.165) is 29.5 Å². The lowest BCUT2D eigenvalue weighted by Crippen LogP contribution is -2.40. The Kier molecular flexibility index (Phi) is 7.11. The summed E-state index contributed by atoms with van der Waals surface area (Å²) in [7, 11) is -13.8. The summed E-state index contributed by atoms with van der Waals surface area (Å²) >= 11 is 0. The number of nitrogens with two attached hydrogens (primary N) is 1. The number of hydrogen-bond donors (Lipinski definition) is 3. The van der Waals surface area contributed by atoms with Crippen LogP contribution in [0.2, 0.25) is 0 Å². The second kappa shape index (κ2) is 9.79. The molecule has 18 heteroatoms. The van der Waals surface area contributed by atoms with Gasteiger partial charge in [-0.05, 0) is 44.2 Å². The Balaban J connectivity index is 1.90. The zero-order chi connectivity index (χ0) is 28.9. The van der Waals surface area contributed by atoms with Crippen molar-refractivity contribution in [2.45, 2.75) is 35.1 Å². The first kappa shape index (κ1) is 28.3. The van der Waals surface area contributed by atoms with Gasteiger partial charge in [0, 0.05) is 6.26 Å². The zero-order valence-corrected chi connectivity index (χ0v) is 23.1. The third-order valence-corrected chi connectivity index (χ3v) is 9.01. The lowest BCUT2D eigenvalue weighted by atomic mass is 10.2. The van der Waals surface area contributed by atoms with Gasteiger partial charge in [0.15, 0.2) is 27.5 Å². The fourth-order valence-corrected chi connectivity index (χ4v) is 6.50. The molecule has 0 radical (unpaired) electrons. The molecular weight excluding hydrogens is 574 g/mol. The van der Waals surface area contributed by atoms with E-state index < -0.39 is 57.0 Å². The first-order chi connectivity index (χ1) is 18.0. The van der Waals surface area contributed by atoms with Crippen LogP contribution < -0.4 is 10.7 Å². The van der Waals surface area contributed by atoms with E-state index in [9.17, 15) is 34.4 Å². The number of azo groups is 1. The molecule has 3 aromatic rings. The quantitative estimate of drug-likeness (QED) is 0.263. The van der Waals surface area contributed by atoms with Crippen molar-refractivity contribution in [1.82, 2.24) is 9.78 Å². The van der Waals surface area contributed by atoms with Gasteiger partial charge in [-0.15, -0.1) is 5.11 Å². The number of nitrogens with zero attached hydrogens (tertiary/aromatic N) is 6. The molecule has 208 valence electrons. The SMILES string of the molecule is CC1=NN(c2cc(S(=O)(=O)O)ccc2S(=O)(=O)O)C(N=Nc2c(C)nn(-c3ccccc3)c2N)C1S(C)(=O)=O. The zero-order valence-electron chi connectivity index (χ0n) is 20.6. The molecule has 39 heavy (non-hydrogen) atoms. The highest BCUT2D eigenvalue weighted by atomic mass is 32.2. The first-order valence-corrected chi connectivity index (χ1v) is 15.8. The summed E-state index contributed by atoms with van der Waals surface area (Å²) in [5, 5.41) is 16.1. The molecule has 4 rings (SSSR count). The molecule has 0 bridgehead atoms. The van der Waals surface area contributed by atoms with Gasteiger partial charge in [-0.1, -0.05) is 18.2 Å². The van der Waals surface area contributed by atoms with Gasteiger partial charge < -0.3 is 5.73 Å². The normalized spacial score (nSPS) is 18.6. The van der Waals surface area contributed by atoms with Crippen molar-refractivity contribution in [3.05, 3.63) is 54.2 Å². The van der Waals surface area contributed by atoms with Crippen LogP contribution in [0.3, 0.4) is 0 Å². The molecule has 4 N–H and O–H groups in total. The van der Waals surface area contributed by atoms with E-state index in [1.54, 1.807) is 37.3 Å². The van der Waals surface area contributed by atoms with Gasteiger partial charge in [0.2, 0.25) is 0 Å². The van der Waals surface area contributed by atoms with Gasteiger partial charge >= 0.3 is 0 Å². The fraction of sp³-hybridized carbons (Fsp3) is 0.238. The molecule has 2 heterocycles. The molecule has 0 fully saturated rings. The number of hydrogen-bond acceptors (Lipinski definition) is 12. The second-order valence-corrected chi connectivity index (χ2v) is 13.6. The van der Waals surface area contributed by atoms with Crippen molar-refractivity contribution in [3.8, 4) is 5.69 Å². The minimum Gasteiger partial charge on any atom is -0.382 e. The number of hydrazone groups is 1. The molecule has 1 aromatic heterocycles. The van der Waals surface area contributed by atoms with E-state index in [1.165, 1.54) is 11.6 Å². The van der Waals surface area contributed by atoms with Crippen LogP contribution in [0.15, 0.2) is 73.7 Å². The Morgan fingerprint density at radius 1 is 0.949 bits per heavy atom. The van der Waals surface area contributed by atoms with Crippen molar-refractivity contribution in [3.63, 3.8) is 0 Å². The maximum Gasteiger partial charge on any atom is 0.296 e. The van der Waals surface area contributed by atoms with Crippen LogP contribution in [0.25, 0.3) is 5.69 Å². The molecule has 15 nitrogen and oxygen atoms in total. The van der Waals surface area contributed by atoms with Crippen LogP contribution in [0, 0.1) is 6.92 Å². The van der Waals surface area contributed by atoms with E-state index in [4.69, 9.17) is 5.73 Å². The van der Waals surface area contributed by atoms with Crippen molar-refractivity contribution < 1.29 is 34.4 Å². The number of sulfone groups is 1. The molecule has 0 saturated carbocycles. The Bertz CT molecular complexity index is 1830. The Hall–Kier alpha value is -3.71. The molecule has 2 aromatic carbocycles. The highest BCUT2D eigenvalue weighted by molar-refractivity contribution is 7.92. The van der Waals surface area contributed by atoms with Gasteiger partial charge in [-0.3, -0.25) is 9.11 Å². The molecule has 0 aliphatic carbocycles. The molecule has 0 spiro atoms. The van der Waals surface area contributed by atoms with Crippen molar-refractivity contribution in [1.29, 1.82) is 0 Å². The lowest BCUT2D eigenvalue weighted by Gasteiger charge is -2.24. The van der Waals surface area contributed by atoms with Crippen molar-refractivity contribution >= 4 is 53.0 Å². The van der Waals surface area contributed by atoms with E-state index >= 15 is 0 Å². The van der Waals surface area contributed by atoms with Crippen LogP contribution >= 0.6 is 0 Å². The number of benzene rings is 2. The maximum atomic E-state index is 12.7. The molecule has 1 aliphatic heterocycles. The number of rotatable bonds is 7. The highest BCUT2D eigenvalue weighted by Crippen LogP contribution is 2.37. The standard InChI is InChI=1S/C21H23N7O8S3/c1-12-18(20(22)27(25-12)14-7-5-4-6-8-14)23-24-21-19(37(3,29)30)13(2)26-28(21)16-11-15(38(31,32)33)9-10-17(16)39(34,35)36/h4-11,19,21H,22H2,1-3H3,(H,31,32,33)(H,34,35,36). The minimum atomic E-state index is -4.98. The van der Waals surface area contributed by atoms with Gasteiger partial charge in [-0.2, -0.15) is 32.1 Å². The molecule has 2 atom stereocenters. The summed E-state index contributed by atoms with van der Waals surface area (Å²) in [6.07, 6.45) is -0.648. The maximum absolute atomic E-state index is 12.7. The molecule has 0 amide bonds. The van der Waals surface area contributed by atoms with Crippen molar-refractivity contribution in [2.24, 2.45) is 15.3 Å². The second-order valence-electron chi connectivity index (χ2n) is 8.61. The highest BCUT2D eigenvalue weighted by Gasteiger charge is 2.44. The number of anilines is 2. The number of nitrogen functional groups attached to an aromatic ring is 1. The molecule has 0 saturated heterocycles. The largest absolute Gasteiger partial charge is 0.382 e. The number of aryl methyl sites for hydroxylation is 1. The van der Waals surface area contributed by atoms with Crippen LogP contribution in [0.4, 0.5) is 17.2 Å². The smallest absolute Gasteiger partial charge is 0.296 e. The van der Waals surface area contributed by atoms with E-state index in [0.29, 0.717) is 11.4 Å². The van der Waals surface area contributed by atoms with Gasteiger partial charge in [0.25, 0.3) is 20.2 Å².